The fourth-order valence-electron chi connectivity index (χ4n) is 1.70. The first-order chi connectivity index (χ1) is 9.94. The molecule has 1 aromatic heterocycles. The summed E-state index contributed by atoms with van der Waals surface area (Å²) in [5.74, 6) is -0.119. The largest absolute Gasteiger partial charge is 0.294 e. The standard InChI is InChI=1S/C14H13ClN2O3S/c1-2-14(18)10-4-3-5-11(8-10)21(19,20)17-13-9-16-7-6-12(13)15/h3-9,17H,2H2,1H3. The second kappa shape index (κ2) is 6.24. The molecule has 1 heterocycles. The van der Waals surface area contributed by atoms with Gasteiger partial charge >= 0.3 is 0 Å². The van der Waals surface area contributed by atoms with E-state index in [9.17, 15) is 13.2 Å². The number of carbonyl (C=O) groups excluding carboxylic acids is 1. The Kier molecular flexibility index (Phi) is 4.59. The van der Waals surface area contributed by atoms with Crippen LogP contribution in [0.5, 0.6) is 0 Å². The van der Waals surface area contributed by atoms with E-state index in [4.69, 9.17) is 11.6 Å². The highest BCUT2D eigenvalue weighted by atomic mass is 35.5. The minimum Gasteiger partial charge on any atom is -0.294 e. The van der Waals surface area contributed by atoms with E-state index in [0.717, 1.165) is 0 Å². The van der Waals surface area contributed by atoms with E-state index in [1.807, 2.05) is 0 Å². The van der Waals surface area contributed by atoms with Gasteiger partial charge in [-0.3, -0.25) is 14.5 Å². The summed E-state index contributed by atoms with van der Waals surface area (Å²) >= 11 is 5.90. The molecule has 1 aromatic carbocycles. The second-order valence-corrected chi connectivity index (χ2v) is 6.36. The van der Waals surface area contributed by atoms with Crippen molar-refractivity contribution in [3.63, 3.8) is 0 Å². The fraction of sp³-hybridized carbons (Fsp3) is 0.143. The van der Waals surface area contributed by atoms with E-state index in [1.54, 1.807) is 13.0 Å². The predicted molar refractivity (Wildman–Crippen MR) is 81.1 cm³/mol. The zero-order chi connectivity index (χ0) is 15.5. The van der Waals surface area contributed by atoms with Crippen LogP contribution in [0.2, 0.25) is 5.02 Å². The van der Waals surface area contributed by atoms with E-state index < -0.39 is 10.0 Å². The van der Waals surface area contributed by atoms with Crippen molar-refractivity contribution < 1.29 is 13.2 Å². The molecule has 1 N–H and O–H groups in total. The summed E-state index contributed by atoms with van der Waals surface area (Å²) in [4.78, 5) is 15.5. The molecule has 21 heavy (non-hydrogen) atoms. The molecule has 110 valence electrons. The van der Waals surface area contributed by atoms with Crippen LogP contribution < -0.4 is 4.72 Å². The lowest BCUT2D eigenvalue weighted by atomic mass is 10.1. The molecule has 0 fully saturated rings. The van der Waals surface area contributed by atoms with Crippen LogP contribution in [0, 0.1) is 0 Å². The molecule has 0 amide bonds. The molecule has 5 nitrogen and oxygen atoms in total. The molecule has 0 aliphatic rings. The molecular formula is C14H13ClN2O3S. The lowest BCUT2D eigenvalue weighted by Crippen LogP contribution is -2.14. The van der Waals surface area contributed by atoms with Crippen LogP contribution in [0.1, 0.15) is 23.7 Å². The van der Waals surface area contributed by atoms with Gasteiger partial charge in [0.15, 0.2) is 5.78 Å². The molecule has 0 saturated carbocycles. The molecular weight excluding hydrogens is 312 g/mol. The predicted octanol–water partition coefficient (Wildman–Crippen LogP) is 3.13. The number of nitrogens with one attached hydrogen (secondary N) is 1. The van der Waals surface area contributed by atoms with Crippen molar-refractivity contribution in [2.24, 2.45) is 0 Å². The Labute approximate surface area is 128 Å². The molecule has 2 aromatic rings. The van der Waals surface area contributed by atoms with Crippen molar-refractivity contribution in [1.82, 2.24) is 4.98 Å². The maximum atomic E-state index is 12.3. The number of nitrogens with zero attached hydrogens (tertiary/aromatic N) is 1. The van der Waals surface area contributed by atoms with Crippen molar-refractivity contribution in [2.45, 2.75) is 18.2 Å². The van der Waals surface area contributed by atoms with Gasteiger partial charge < -0.3 is 0 Å². The first-order valence-corrected chi connectivity index (χ1v) is 8.05. The van der Waals surface area contributed by atoms with Crippen LogP contribution in [0.15, 0.2) is 47.6 Å². The van der Waals surface area contributed by atoms with Gasteiger partial charge in [-0.15, -0.1) is 0 Å². The first-order valence-electron chi connectivity index (χ1n) is 6.19. The first kappa shape index (κ1) is 15.5. The van der Waals surface area contributed by atoms with Crippen LogP contribution in [-0.2, 0) is 10.0 Å². The van der Waals surface area contributed by atoms with Crippen LogP contribution in [-0.4, -0.2) is 19.2 Å². The quantitative estimate of drug-likeness (QED) is 0.857. The number of hydrogen-bond acceptors (Lipinski definition) is 4. The molecule has 0 aliphatic carbocycles. The third-order valence-corrected chi connectivity index (χ3v) is 4.49. The third kappa shape index (κ3) is 3.59. The molecule has 0 atom stereocenters. The van der Waals surface area contributed by atoms with E-state index in [0.29, 0.717) is 12.0 Å². The second-order valence-electron chi connectivity index (χ2n) is 4.27. The van der Waals surface area contributed by atoms with Gasteiger partial charge in [-0.25, -0.2) is 8.42 Å². The number of Topliss-reactive ketones (excluding diaryl/α,β-unsaturated/α-hetero) is 1. The molecule has 0 saturated heterocycles. The van der Waals surface area contributed by atoms with E-state index in [2.05, 4.69) is 9.71 Å². The number of benzene rings is 1. The number of aromatic nitrogens is 1. The maximum absolute atomic E-state index is 12.3. The summed E-state index contributed by atoms with van der Waals surface area (Å²) in [6.45, 7) is 1.72. The van der Waals surface area contributed by atoms with E-state index in [1.165, 1.54) is 36.7 Å². The lowest BCUT2D eigenvalue weighted by molar-refractivity contribution is 0.0988. The molecule has 0 radical (unpaired) electrons. The fourth-order valence-corrected chi connectivity index (χ4v) is 3.02. The number of anilines is 1. The summed E-state index contributed by atoms with van der Waals surface area (Å²) in [5.41, 5.74) is 0.545. The van der Waals surface area contributed by atoms with Crippen molar-refractivity contribution in [3.8, 4) is 0 Å². The topological polar surface area (TPSA) is 76.1 Å². The average molecular weight is 325 g/mol. The smallest absolute Gasteiger partial charge is 0.262 e. The zero-order valence-electron chi connectivity index (χ0n) is 11.2. The zero-order valence-corrected chi connectivity index (χ0v) is 12.8. The monoisotopic (exact) mass is 324 g/mol. The lowest BCUT2D eigenvalue weighted by Gasteiger charge is -2.09. The van der Waals surface area contributed by atoms with Gasteiger partial charge in [-0.2, -0.15) is 0 Å². The Hall–Kier alpha value is -1.92. The highest BCUT2D eigenvalue weighted by molar-refractivity contribution is 7.92. The van der Waals surface area contributed by atoms with Gasteiger partial charge in [-0.05, 0) is 18.2 Å². The minimum atomic E-state index is -3.83. The van der Waals surface area contributed by atoms with Gasteiger partial charge in [0.05, 0.1) is 21.8 Å². The maximum Gasteiger partial charge on any atom is 0.262 e. The molecule has 0 aliphatic heterocycles. The number of rotatable bonds is 5. The van der Waals surface area contributed by atoms with Crippen molar-refractivity contribution in [1.29, 1.82) is 0 Å². The summed E-state index contributed by atoms with van der Waals surface area (Å²) in [6, 6.07) is 7.36. The van der Waals surface area contributed by atoms with Gasteiger partial charge in [-0.1, -0.05) is 30.7 Å². The van der Waals surface area contributed by atoms with Crippen LogP contribution in [0.3, 0.4) is 0 Å². The molecule has 0 spiro atoms. The Balaban J connectivity index is 2.36. The van der Waals surface area contributed by atoms with Gasteiger partial charge in [0.25, 0.3) is 10.0 Å². The third-order valence-electron chi connectivity index (χ3n) is 2.80. The van der Waals surface area contributed by atoms with Crippen LogP contribution in [0.4, 0.5) is 5.69 Å². The van der Waals surface area contributed by atoms with Gasteiger partial charge in [0.1, 0.15) is 0 Å². The van der Waals surface area contributed by atoms with Crippen LogP contribution >= 0.6 is 11.6 Å². The van der Waals surface area contributed by atoms with Crippen molar-refractivity contribution in [2.75, 3.05) is 4.72 Å². The average Bonchev–Trinajstić information content (AvgIpc) is 2.49. The van der Waals surface area contributed by atoms with Gasteiger partial charge in [0, 0.05) is 18.2 Å². The minimum absolute atomic E-state index is 0.00159. The summed E-state index contributed by atoms with van der Waals surface area (Å²) in [7, 11) is -3.83. The Bertz CT molecular complexity index is 775. The number of halogens is 1. The van der Waals surface area contributed by atoms with Crippen molar-refractivity contribution >= 4 is 33.1 Å². The Morgan fingerprint density at radius 3 is 2.76 bits per heavy atom. The number of pyridine rings is 1. The molecule has 0 bridgehead atoms. The highest BCUT2D eigenvalue weighted by Gasteiger charge is 2.17. The summed E-state index contributed by atoms with van der Waals surface area (Å²) in [6.07, 6.45) is 3.09. The Morgan fingerprint density at radius 1 is 1.33 bits per heavy atom. The van der Waals surface area contributed by atoms with Crippen LogP contribution in [0.25, 0.3) is 0 Å². The number of ketones is 1. The SMILES string of the molecule is CCC(=O)c1cccc(S(=O)(=O)Nc2cnccc2Cl)c1. The summed E-state index contributed by atoms with van der Waals surface area (Å²) in [5, 5.41) is 0.245. The molecule has 7 heteroatoms. The van der Waals surface area contributed by atoms with E-state index >= 15 is 0 Å². The highest BCUT2D eigenvalue weighted by Crippen LogP contribution is 2.23. The van der Waals surface area contributed by atoms with E-state index in [-0.39, 0.29) is 21.4 Å². The Morgan fingerprint density at radius 2 is 2.10 bits per heavy atom. The van der Waals surface area contributed by atoms with Gasteiger partial charge in [0.2, 0.25) is 0 Å². The van der Waals surface area contributed by atoms with Crippen molar-refractivity contribution in [3.05, 3.63) is 53.3 Å². The summed E-state index contributed by atoms with van der Waals surface area (Å²) < 4.78 is 27.0. The number of carbonyl (C=O) groups is 1. The molecule has 0 unspecified atom stereocenters. The normalized spacial score (nSPS) is 11.1. The number of sulfonamides is 1. The number of hydrogen-bond donors (Lipinski definition) is 1. The molecule has 2 rings (SSSR count).